The zero-order valence-corrected chi connectivity index (χ0v) is 8.73. The summed E-state index contributed by atoms with van der Waals surface area (Å²) in [6.07, 6.45) is 4.79. The molecular weight excluding hydrogens is 190 g/mol. The summed E-state index contributed by atoms with van der Waals surface area (Å²) in [6.45, 7) is 0.834. The van der Waals surface area contributed by atoms with Gasteiger partial charge in [-0.15, -0.1) is 0 Å². The zero-order valence-electron chi connectivity index (χ0n) is 8.73. The molecule has 1 aromatic heterocycles. The van der Waals surface area contributed by atoms with E-state index in [1.807, 2.05) is 12.1 Å². The Labute approximate surface area is 89.6 Å². The Morgan fingerprint density at radius 1 is 1.60 bits per heavy atom. The van der Waals surface area contributed by atoms with E-state index in [1.165, 1.54) is 0 Å². The molecular formula is C11H17N3O. The highest BCUT2D eigenvalue weighted by Crippen LogP contribution is 2.18. The highest BCUT2D eigenvalue weighted by molar-refractivity contribution is 5.38. The molecule has 4 N–H and O–H groups in total. The molecule has 0 radical (unpaired) electrons. The standard InChI is InChI=1S/C11H17N3O/c12-9(10-4-2-6-15-10)7-8-3-1-5-14-11(8)13/h1,3,5,9-10H,2,4,6-7,12H2,(H2,13,14). The van der Waals surface area contributed by atoms with Crippen molar-refractivity contribution < 1.29 is 4.74 Å². The first-order chi connectivity index (χ1) is 7.27. The van der Waals surface area contributed by atoms with Crippen LogP contribution in [0, 0.1) is 0 Å². The van der Waals surface area contributed by atoms with Gasteiger partial charge in [0.05, 0.1) is 6.10 Å². The van der Waals surface area contributed by atoms with Crippen molar-refractivity contribution in [2.75, 3.05) is 12.3 Å². The van der Waals surface area contributed by atoms with Gasteiger partial charge in [0.1, 0.15) is 5.82 Å². The lowest BCUT2D eigenvalue weighted by Crippen LogP contribution is -2.36. The summed E-state index contributed by atoms with van der Waals surface area (Å²) in [4.78, 5) is 4.04. The van der Waals surface area contributed by atoms with Crippen molar-refractivity contribution in [2.45, 2.75) is 31.4 Å². The number of hydrogen-bond acceptors (Lipinski definition) is 4. The van der Waals surface area contributed by atoms with E-state index >= 15 is 0 Å². The van der Waals surface area contributed by atoms with Crippen LogP contribution in [0.15, 0.2) is 18.3 Å². The van der Waals surface area contributed by atoms with E-state index in [-0.39, 0.29) is 12.1 Å². The average molecular weight is 207 g/mol. The smallest absolute Gasteiger partial charge is 0.126 e. The molecule has 0 amide bonds. The van der Waals surface area contributed by atoms with Gasteiger partial charge in [0.15, 0.2) is 0 Å². The first kappa shape index (κ1) is 10.4. The van der Waals surface area contributed by atoms with E-state index in [0.29, 0.717) is 5.82 Å². The normalized spacial score (nSPS) is 22.9. The molecule has 1 aliphatic heterocycles. The van der Waals surface area contributed by atoms with E-state index in [9.17, 15) is 0 Å². The largest absolute Gasteiger partial charge is 0.383 e. The minimum Gasteiger partial charge on any atom is -0.383 e. The molecule has 15 heavy (non-hydrogen) atoms. The van der Waals surface area contributed by atoms with Gasteiger partial charge in [-0.05, 0) is 30.9 Å². The molecule has 4 heteroatoms. The molecule has 0 aliphatic carbocycles. The maximum Gasteiger partial charge on any atom is 0.126 e. The van der Waals surface area contributed by atoms with Gasteiger partial charge < -0.3 is 16.2 Å². The summed E-state index contributed by atoms with van der Waals surface area (Å²) in [5, 5.41) is 0. The van der Waals surface area contributed by atoms with E-state index in [0.717, 1.165) is 31.4 Å². The number of aromatic nitrogens is 1. The van der Waals surface area contributed by atoms with E-state index in [4.69, 9.17) is 16.2 Å². The number of nitrogens with zero attached hydrogens (tertiary/aromatic N) is 1. The quantitative estimate of drug-likeness (QED) is 0.765. The summed E-state index contributed by atoms with van der Waals surface area (Å²) in [6, 6.07) is 3.88. The Kier molecular flexibility index (Phi) is 3.18. The molecule has 0 bridgehead atoms. The van der Waals surface area contributed by atoms with Gasteiger partial charge in [0.25, 0.3) is 0 Å². The first-order valence-corrected chi connectivity index (χ1v) is 5.34. The lowest BCUT2D eigenvalue weighted by Gasteiger charge is -2.18. The van der Waals surface area contributed by atoms with E-state index in [1.54, 1.807) is 6.20 Å². The monoisotopic (exact) mass is 207 g/mol. The van der Waals surface area contributed by atoms with Crippen LogP contribution in [0.5, 0.6) is 0 Å². The van der Waals surface area contributed by atoms with E-state index < -0.39 is 0 Å². The van der Waals surface area contributed by atoms with Crippen LogP contribution in [-0.2, 0) is 11.2 Å². The number of anilines is 1. The Balaban J connectivity index is 1.99. The summed E-state index contributed by atoms with van der Waals surface area (Å²) in [5.74, 6) is 0.575. The van der Waals surface area contributed by atoms with Crippen LogP contribution in [0.1, 0.15) is 18.4 Å². The van der Waals surface area contributed by atoms with Gasteiger partial charge in [0.2, 0.25) is 0 Å². The van der Waals surface area contributed by atoms with Crippen LogP contribution >= 0.6 is 0 Å². The molecule has 82 valence electrons. The van der Waals surface area contributed by atoms with Crippen molar-refractivity contribution >= 4 is 5.82 Å². The Morgan fingerprint density at radius 2 is 2.47 bits per heavy atom. The molecule has 1 fully saturated rings. The third kappa shape index (κ3) is 2.46. The van der Waals surface area contributed by atoms with Gasteiger partial charge in [-0.25, -0.2) is 4.98 Å². The van der Waals surface area contributed by atoms with Crippen LogP contribution in [0.4, 0.5) is 5.82 Å². The van der Waals surface area contributed by atoms with Crippen LogP contribution in [0.3, 0.4) is 0 Å². The number of ether oxygens (including phenoxy) is 1. The molecule has 1 aliphatic rings. The molecule has 0 spiro atoms. The second-order valence-corrected chi connectivity index (χ2v) is 3.97. The van der Waals surface area contributed by atoms with Gasteiger partial charge in [-0.3, -0.25) is 0 Å². The Hall–Kier alpha value is -1.13. The van der Waals surface area contributed by atoms with Gasteiger partial charge in [-0.1, -0.05) is 6.07 Å². The summed E-state index contributed by atoms with van der Waals surface area (Å²) < 4.78 is 5.54. The van der Waals surface area contributed by atoms with Crippen molar-refractivity contribution in [1.82, 2.24) is 4.98 Å². The van der Waals surface area contributed by atoms with Crippen LogP contribution in [-0.4, -0.2) is 23.7 Å². The molecule has 0 aromatic carbocycles. The zero-order chi connectivity index (χ0) is 10.7. The lowest BCUT2D eigenvalue weighted by molar-refractivity contribution is 0.0900. The summed E-state index contributed by atoms with van der Waals surface area (Å²) in [7, 11) is 0. The molecule has 2 rings (SSSR count). The fraction of sp³-hybridized carbons (Fsp3) is 0.545. The molecule has 2 heterocycles. The van der Waals surface area contributed by atoms with Crippen molar-refractivity contribution in [3.05, 3.63) is 23.9 Å². The van der Waals surface area contributed by atoms with E-state index in [2.05, 4.69) is 4.98 Å². The molecule has 4 nitrogen and oxygen atoms in total. The fourth-order valence-electron chi connectivity index (χ4n) is 1.95. The Bertz CT molecular complexity index is 323. The minimum atomic E-state index is 0.0269. The third-order valence-electron chi connectivity index (χ3n) is 2.82. The topological polar surface area (TPSA) is 74.2 Å². The molecule has 0 saturated carbocycles. The second-order valence-electron chi connectivity index (χ2n) is 3.97. The van der Waals surface area contributed by atoms with Crippen molar-refractivity contribution in [3.8, 4) is 0 Å². The lowest BCUT2D eigenvalue weighted by atomic mass is 10.0. The number of rotatable bonds is 3. The number of nitrogens with two attached hydrogens (primary N) is 2. The predicted octanol–water partition coefficient (Wildman–Crippen LogP) is 0.713. The molecule has 2 unspecified atom stereocenters. The first-order valence-electron chi connectivity index (χ1n) is 5.34. The summed E-state index contributed by atoms with van der Waals surface area (Å²) >= 11 is 0. The fourth-order valence-corrected chi connectivity index (χ4v) is 1.95. The van der Waals surface area contributed by atoms with Gasteiger partial charge in [-0.2, -0.15) is 0 Å². The maximum absolute atomic E-state index is 6.07. The molecule has 1 aromatic rings. The SMILES string of the molecule is Nc1ncccc1CC(N)C1CCCO1. The van der Waals surface area contributed by atoms with Gasteiger partial charge >= 0.3 is 0 Å². The predicted molar refractivity (Wildman–Crippen MR) is 59.3 cm³/mol. The Morgan fingerprint density at radius 3 is 3.13 bits per heavy atom. The van der Waals surface area contributed by atoms with Crippen LogP contribution in [0.25, 0.3) is 0 Å². The van der Waals surface area contributed by atoms with Crippen LogP contribution < -0.4 is 11.5 Å². The summed E-state index contributed by atoms with van der Waals surface area (Å²) in [5.41, 5.74) is 12.8. The average Bonchev–Trinajstić information content (AvgIpc) is 2.74. The number of pyridine rings is 1. The molecule has 1 saturated heterocycles. The number of nitrogen functional groups attached to an aromatic ring is 1. The van der Waals surface area contributed by atoms with Crippen molar-refractivity contribution in [2.24, 2.45) is 5.73 Å². The molecule has 2 atom stereocenters. The highest BCUT2D eigenvalue weighted by atomic mass is 16.5. The maximum atomic E-state index is 6.07. The highest BCUT2D eigenvalue weighted by Gasteiger charge is 2.23. The third-order valence-corrected chi connectivity index (χ3v) is 2.82. The second kappa shape index (κ2) is 4.59. The minimum absolute atomic E-state index is 0.0269. The van der Waals surface area contributed by atoms with Crippen LogP contribution in [0.2, 0.25) is 0 Å². The van der Waals surface area contributed by atoms with Gasteiger partial charge in [0, 0.05) is 18.8 Å². The van der Waals surface area contributed by atoms with Crippen molar-refractivity contribution in [1.29, 1.82) is 0 Å². The number of hydrogen-bond donors (Lipinski definition) is 2. The van der Waals surface area contributed by atoms with Crippen molar-refractivity contribution in [3.63, 3.8) is 0 Å².